The van der Waals surface area contributed by atoms with Gasteiger partial charge in [0.15, 0.2) is 0 Å². The second-order valence-electron chi connectivity index (χ2n) is 8.13. The smallest absolute Gasteiger partial charge is 0.257 e. The number of carbonyl (C=O) groups excluding carboxylic acids is 1. The summed E-state index contributed by atoms with van der Waals surface area (Å²) in [4.78, 5) is 21.6. The molecule has 0 atom stereocenters. The zero-order chi connectivity index (χ0) is 23.2. The molecule has 3 heterocycles. The van der Waals surface area contributed by atoms with Crippen molar-refractivity contribution in [3.05, 3.63) is 89.6 Å². The molecule has 0 amide bonds. The SMILES string of the molecule is Cc1cc(-c2ccccc2)nn1C(=O)CSc1nc2c3cc(Cl)ccc3[nH]c2c2ccccc12. The summed E-state index contributed by atoms with van der Waals surface area (Å²) in [6.07, 6.45) is 0. The highest BCUT2D eigenvalue weighted by Crippen LogP contribution is 2.36. The minimum atomic E-state index is -0.0855. The molecule has 0 saturated heterocycles. The lowest BCUT2D eigenvalue weighted by molar-refractivity contribution is 0.0924. The average Bonchev–Trinajstić information content (AvgIpc) is 3.43. The molecule has 7 heteroatoms. The third kappa shape index (κ3) is 3.56. The molecule has 0 bridgehead atoms. The van der Waals surface area contributed by atoms with Crippen LogP contribution in [-0.4, -0.2) is 31.4 Å². The van der Waals surface area contributed by atoms with Crippen molar-refractivity contribution in [1.82, 2.24) is 19.7 Å². The van der Waals surface area contributed by atoms with Crippen molar-refractivity contribution in [2.45, 2.75) is 11.9 Å². The van der Waals surface area contributed by atoms with Crippen LogP contribution in [0.5, 0.6) is 0 Å². The van der Waals surface area contributed by atoms with Crippen molar-refractivity contribution in [2.75, 3.05) is 5.75 Å². The highest BCUT2D eigenvalue weighted by atomic mass is 35.5. The number of fused-ring (bicyclic) bond motifs is 5. The van der Waals surface area contributed by atoms with E-state index in [1.54, 1.807) is 0 Å². The molecular formula is C27H19ClN4OS. The third-order valence-corrected chi connectivity index (χ3v) is 7.11. The number of H-pyrrole nitrogens is 1. The summed E-state index contributed by atoms with van der Waals surface area (Å²) in [5.41, 5.74) is 5.39. The maximum Gasteiger partial charge on any atom is 0.257 e. The molecule has 0 fully saturated rings. The predicted molar refractivity (Wildman–Crippen MR) is 140 cm³/mol. The molecule has 0 aliphatic rings. The number of rotatable bonds is 4. The highest BCUT2D eigenvalue weighted by Gasteiger charge is 2.17. The van der Waals surface area contributed by atoms with Crippen molar-refractivity contribution < 1.29 is 4.79 Å². The second-order valence-corrected chi connectivity index (χ2v) is 9.53. The van der Waals surface area contributed by atoms with E-state index in [0.29, 0.717) is 5.02 Å². The van der Waals surface area contributed by atoms with Crippen LogP contribution in [0.15, 0.2) is 83.9 Å². The number of aryl methyl sites for hydroxylation is 1. The number of nitrogens with zero attached hydrogens (tertiary/aromatic N) is 3. The number of hydrogen-bond donors (Lipinski definition) is 1. The molecule has 6 rings (SSSR count). The Kier molecular flexibility index (Phi) is 5.12. The van der Waals surface area contributed by atoms with Gasteiger partial charge in [0.1, 0.15) is 5.03 Å². The molecule has 0 radical (unpaired) electrons. The van der Waals surface area contributed by atoms with Gasteiger partial charge in [0.25, 0.3) is 5.91 Å². The van der Waals surface area contributed by atoms with E-state index in [4.69, 9.17) is 16.6 Å². The molecule has 34 heavy (non-hydrogen) atoms. The maximum atomic E-state index is 13.1. The van der Waals surface area contributed by atoms with Crippen molar-refractivity contribution in [3.63, 3.8) is 0 Å². The minimum absolute atomic E-state index is 0.0855. The topological polar surface area (TPSA) is 63.6 Å². The number of aromatic nitrogens is 4. The van der Waals surface area contributed by atoms with Crippen molar-refractivity contribution in [2.24, 2.45) is 0 Å². The fourth-order valence-corrected chi connectivity index (χ4v) is 5.33. The number of benzene rings is 3. The van der Waals surface area contributed by atoms with Gasteiger partial charge in [-0.3, -0.25) is 4.79 Å². The van der Waals surface area contributed by atoms with Gasteiger partial charge in [0.05, 0.1) is 22.5 Å². The Morgan fingerprint density at radius 2 is 1.74 bits per heavy atom. The summed E-state index contributed by atoms with van der Waals surface area (Å²) in [5.74, 6) is 0.139. The van der Waals surface area contributed by atoms with E-state index in [0.717, 1.165) is 54.7 Å². The van der Waals surface area contributed by atoms with Crippen molar-refractivity contribution in [1.29, 1.82) is 0 Å². The quantitative estimate of drug-likeness (QED) is 0.271. The normalized spacial score (nSPS) is 11.6. The van der Waals surface area contributed by atoms with Gasteiger partial charge in [-0.15, -0.1) is 0 Å². The van der Waals surface area contributed by atoms with Gasteiger partial charge in [0.2, 0.25) is 0 Å². The molecule has 3 aromatic heterocycles. The molecule has 166 valence electrons. The molecule has 3 aromatic carbocycles. The van der Waals surface area contributed by atoms with Gasteiger partial charge in [-0.2, -0.15) is 5.10 Å². The Morgan fingerprint density at radius 3 is 2.56 bits per heavy atom. The largest absolute Gasteiger partial charge is 0.353 e. The van der Waals surface area contributed by atoms with Crippen LogP contribution < -0.4 is 0 Å². The van der Waals surface area contributed by atoms with Crippen molar-refractivity contribution >= 4 is 62.0 Å². The summed E-state index contributed by atoms with van der Waals surface area (Å²) >= 11 is 7.69. The molecular weight excluding hydrogens is 464 g/mol. The molecule has 0 unspecified atom stereocenters. The molecule has 1 N–H and O–H groups in total. The zero-order valence-corrected chi connectivity index (χ0v) is 19.8. The Labute approximate surface area is 204 Å². The van der Waals surface area contributed by atoms with E-state index in [1.165, 1.54) is 16.4 Å². The Bertz CT molecular complexity index is 1700. The molecule has 0 saturated carbocycles. The van der Waals surface area contributed by atoms with Crippen LogP contribution in [0.25, 0.3) is 44.0 Å². The summed E-state index contributed by atoms with van der Waals surface area (Å²) in [7, 11) is 0. The first kappa shape index (κ1) is 21.0. The van der Waals surface area contributed by atoms with Gasteiger partial charge in [-0.05, 0) is 31.2 Å². The average molecular weight is 483 g/mol. The Morgan fingerprint density at radius 1 is 0.971 bits per heavy atom. The minimum Gasteiger partial charge on any atom is -0.353 e. The third-order valence-electron chi connectivity index (χ3n) is 5.90. The lowest BCUT2D eigenvalue weighted by atomic mass is 10.1. The number of pyridine rings is 1. The summed E-state index contributed by atoms with van der Waals surface area (Å²) in [6, 6.07) is 25.7. The van der Waals surface area contributed by atoms with Gasteiger partial charge in [-0.25, -0.2) is 9.67 Å². The van der Waals surface area contributed by atoms with Crippen LogP contribution in [0.4, 0.5) is 0 Å². The standard InChI is InChI=1S/C27H19ClN4OS/c1-16-13-23(17-7-3-2-4-8-17)31-32(16)24(33)15-34-27-20-10-6-5-9-19(20)25-26(30-27)21-14-18(28)11-12-22(21)29-25/h2-14,29H,15H2,1H3. The van der Waals surface area contributed by atoms with E-state index < -0.39 is 0 Å². The first-order valence-corrected chi connectivity index (χ1v) is 12.2. The summed E-state index contributed by atoms with van der Waals surface area (Å²) < 4.78 is 1.49. The Balaban J connectivity index is 1.37. The van der Waals surface area contributed by atoms with E-state index in [1.807, 2.05) is 79.7 Å². The number of hydrogen-bond acceptors (Lipinski definition) is 4. The van der Waals surface area contributed by atoms with E-state index in [9.17, 15) is 4.79 Å². The first-order chi connectivity index (χ1) is 16.6. The van der Waals surface area contributed by atoms with Crippen LogP contribution in [0.3, 0.4) is 0 Å². The fraction of sp³-hybridized carbons (Fsp3) is 0.0741. The van der Waals surface area contributed by atoms with E-state index >= 15 is 0 Å². The van der Waals surface area contributed by atoms with Crippen LogP contribution in [0.2, 0.25) is 5.02 Å². The molecule has 0 spiro atoms. The first-order valence-electron chi connectivity index (χ1n) is 10.9. The van der Waals surface area contributed by atoms with Gasteiger partial charge >= 0.3 is 0 Å². The predicted octanol–water partition coefficient (Wildman–Crippen LogP) is 7.13. The van der Waals surface area contributed by atoms with Crippen LogP contribution in [0.1, 0.15) is 10.5 Å². The van der Waals surface area contributed by atoms with Crippen molar-refractivity contribution in [3.8, 4) is 11.3 Å². The number of thioether (sulfide) groups is 1. The van der Waals surface area contributed by atoms with Gasteiger partial charge < -0.3 is 4.98 Å². The van der Waals surface area contributed by atoms with Gasteiger partial charge in [0, 0.05) is 38.0 Å². The number of nitrogens with one attached hydrogen (secondary N) is 1. The van der Waals surface area contributed by atoms with Crippen LogP contribution in [0, 0.1) is 6.92 Å². The number of aromatic amines is 1. The lowest BCUT2D eigenvalue weighted by Crippen LogP contribution is -2.16. The van der Waals surface area contributed by atoms with E-state index in [-0.39, 0.29) is 11.7 Å². The second kappa shape index (κ2) is 8.31. The molecule has 5 nitrogen and oxygen atoms in total. The highest BCUT2D eigenvalue weighted by molar-refractivity contribution is 8.00. The van der Waals surface area contributed by atoms with Gasteiger partial charge in [-0.1, -0.05) is 78.0 Å². The monoisotopic (exact) mass is 482 g/mol. The maximum absolute atomic E-state index is 13.1. The van der Waals surface area contributed by atoms with Crippen LogP contribution >= 0.6 is 23.4 Å². The molecule has 0 aliphatic carbocycles. The number of halogens is 1. The zero-order valence-electron chi connectivity index (χ0n) is 18.2. The summed E-state index contributed by atoms with van der Waals surface area (Å²) in [5, 5.41) is 9.08. The fourth-order valence-electron chi connectivity index (χ4n) is 4.29. The molecule has 0 aliphatic heterocycles. The van der Waals surface area contributed by atoms with Crippen LogP contribution in [-0.2, 0) is 0 Å². The van der Waals surface area contributed by atoms with E-state index in [2.05, 4.69) is 16.1 Å². The summed E-state index contributed by atoms with van der Waals surface area (Å²) in [6.45, 7) is 1.90. The molecule has 6 aromatic rings. The lowest BCUT2D eigenvalue weighted by Gasteiger charge is -2.08. The Hall–Kier alpha value is -3.61. The number of carbonyl (C=O) groups is 1.